The number of rotatable bonds is 30. The number of aliphatic hydroxyl groups excluding tert-OH is 24. The van der Waals surface area contributed by atoms with Crippen molar-refractivity contribution >= 4 is 29.6 Å². The molecule has 116 heavy (non-hydrogen) atoms. The van der Waals surface area contributed by atoms with Crippen LogP contribution in [0.1, 0.15) is 48.0 Å². The van der Waals surface area contributed by atoms with Crippen molar-refractivity contribution in [1.82, 2.24) is 21.3 Å². The summed E-state index contributed by atoms with van der Waals surface area (Å²) in [6.07, 6.45) is -86.5. The third-order valence-electron chi connectivity index (χ3n) is 21.2. The molecule has 0 unspecified atom stereocenters. The van der Waals surface area contributed by atoms with Gasteiger partial charge >= 0.3 is 5.97 Å². The van der Waals surface area contributed by atoms with Gasteiger partial charge in [0.25, 0.3) is 5.79 Å². The minimum absolute atomic E-state index is 0.823. The normalized spacial score (nSPS) is 48.2. The molecule has 0 saturated carbocycles. The van der Waals surface area contributed by atoms with Crippen molar-refractivity contribution in [3.8, 4) is 0 Å². The van der Waals surface area contributed by atoms with Gasteiger partial charge in [-0.2, -0.15) is 0 Å². The number of carbonyl (C=O) groups is 5. The highest BCUT2D eigenvalue weighted by Crippen LogP contribution is 2.42. The van der Waals surface area contributed by atoms with Crippen LogP contribution < -0.4 is 21.3 Å². The van der Waals surface area contributed by atoms with Crippen molar-refractivity contribution in [3.63, 3.8) is 0 Å². The van der Waals surface area contributed by atoms with Gasteiger partial charge in [0, 0.05) is 34.1 Å². The molecule has 0 bridgehead atoms. The van der Waals surface area contributed by atoms with Gasteiger partial charge in [-0.1, -0.05) is 0 Å². The quantitative estimate of drug-likeness (QED) is 0.0318. The van der Waals surface area contributed by atoms with Crippen molar-refractivity contribution in [2.45, 2.75) is 330 Å². The summed E-state index contributed by atoms with van der Waals surface area (Å²) in [5.41, 5.74) is 0. The fourth-order valence-electron chi connectivity index (χ4n) is 15.0. The largest absolute Gasteiger partial charge is 0.477 e. The number of carbonyl (C=O) groups excluding carboxylic acids is 4. The van der Waals surface area contributed by atoms with Crippen LogP contribution in [0.2, 0.25) is 0 Å². The monoisotopic (exact) mass is 1700 g/mol. The maximum Gasteiger partial charge on any atom is 0.364 e. The number of carboxylic acids is 1. The predicted molar refractivity (Wildman–Crippen MR) is 358 cm³/mol. The summed E-state index contributed by atoms with van der Waals surface area (Å²) < 4.78 is 102. The van der Waals surface area contributed by atoms with Crippen LogP contribution >= 0.6 is 0 Å². The van der Waals surface area contributed by atoms with E-state index in [1.165, 1.54) is 13.8 Å². The lowest BCUT2D eigenvalue weighted by Crippen LogP contribution is -2.72. The summed E-state index contributed by atoms with van der Waals surface area (Å²) in [6.45, 7) is -1.84. The first-order valence-corrected chi connectivity index (χ1v) is 37.0. The fourth-order valence-corrected chi connectivity index (χ4v) is 15.0. The number of hydrogen-bond acceptors (Lipinski definition) is 46. The summed E-state index contributed by atoms with van der Waals surface area (Å²) >= 11 is 0. The summed E-state index contributed by atoms with van der Waals surface area (Å²) in [5, 5.41) is 286. The molecule has 0 aromatic heterocycles. The van der Waals surface area contributed by atoms with Gasteiger partial charge in [0.15, 0.2) is 50.3 Å². The Morgan fingerprint density at radius 3 is 1.29 bits per heavy atom. The van der Waals surface area contributed by atoms with Crippen molar-refractivity contribution in [2.24, 2.45) is 0 Å². The van der Waals surface area contributed by atoms with Gasteiger partial charge in [-0.3, -0.25) is 19.2 Å². The molecule has 0 aliphatic carbocycles. The average Bonchev–Trinajstić information content (AvgIpc) is 0.762. The second-order valence-electron chi connectivity index (χ2n) is 29.6. The number of aliphatic carboxylic acids is 1. The van der Waals surface area contributed by atoms with Crippen molar-refractivity contribution in [3.05, 3.63) is 0 Å². The molecule has 9 aliphatic heterocycles. The van der Waals surface area contributed by atoms with E-state index in [9.17, 15) is 152 Å². The molecule has 9 saturated heterocycles. The number of ether oxygens (including phenoxy) is 17. The van der Waals surface area contributed by atoms with Crippen LogP contribution in [0.4, 0.5) is 0 Å². The van der Waals surface area contributed by atoms with Gasteiger partial charge in [0.1, 0.15) is 207 Å². The average molecular weight is 1700 g/mol. The van der Waals surface area contributed by atoms with E-state index in [2.05, 4.69) is 21.3 Å². The van der Waals surface area contributed by atoms with E-state index >= 15 is 0 Å². The van der Waals surface area contributed by atoms with Crippen molar-refractivity contribution < 1.29 is 232 Å². The van der Waals surface area contributed by atoms with Gasteiger partial charge in [-0.25, -0.2) is 4.79 Å². The van der Waals surface area contributed by atoms with Crippen LogP contribution in [0.3, 0.4) is 0 Å². The Labute approximate surface area is 657 Å². The van der Waals surface area contributed by atoms with Gasteiger partial charge in [0.2, 0.25) is 23.6 Å². The van der Waals surface area contributed by atoms with Gasteiger partial charge in [-0.05, 0) is 13.8 Å². The Hall–Kier alpha value is -4.29. The topological polar surface area (TPSA) is 796 Å². The number of amides is 4. The molecule has 0 aromatic carbocycles. The highest BCUT2D eigenvalue weighted by Gasteiger charge is 2.63. The highest BCUT2D eigenvalue weighted by molar-refractivity contribution is 5.76. The molecule has 9 rings (SSSR count). The lowest BCUT2D eigenvalue weighted by Gasteiger charge is -2.52. The molecule has 51 heteroatoms. The summed E-state index contributed by atoms with van der Waals surface area (Å²) in [4.78, 5) is 65.4. The third kappa shape index (κ3) is 20.8. The van der Waals surface area contributed by atoms with E-state index in [1.807, 2.05) is 0 Å². The van der Waals surface area contributed by atoms with Crippen LogP contribution in [0.15, 0.2) is 0 Å². The summed E-state index contributed by atoms with van der Waals surface area (Å²) in [5.74, 6) is -9.24. The standard InChI is InChI=1S/C65H108N4O47/c1-15-33(82)42(91)44(93)60(101-15)111-50-27(13-75)106-57(100-14-28-39(88)51(31(56(97)103-28)68-19(5)78)112-62-47(96)54(38(87)24(10-72)105-62)116-65(64(98)99)7-21(80)35(84)53(115-65)36(85)22(81)8-70)32(69-20(6)79)52(50)113-59-30(67-18(4)77)41(90)48(25(11-73)107-59)110-63-55(114-61-45(94)43(92)34(83)16(2)102-61)46(95)49(26(12-74)108-63)109-58-29(66-17(3)76)40(89)37(86)23(9-71)104-58/h15-16,21-63,70-75,80-97H,7-14H2,1-6H3,(H,66,76)(H,67,77)(H,68,78)(H,69,79)(H,98,99)/t15-,16-,21-,22+,23+,24+,25+,26+,27+,28+,29+,30+,31+,32+,33+,34+,35+,36+,37+,38-,39-,40+,41+,42+,43+,44-,45-,46-,47+,48+,49-,50+,51+,52+,53+,54-,55+,56+,57+,58+,59-,60-,61-,62-,63-,65-/m0/s1. The molecule has 0 radical (unpaired) electrons. The van der Waals surface area contributed by atoms with Crippen LogP contribution in [0, 0.1) is 0 Å². The van der Waals surface area contributed by atoms with Crippen molar-refractivity contribution in [2.75, 3.05) is 46.2 Å². The Balaban J connectivity index is 1.03. The highest BCUT2D eigenvalue weighted by atomic mass is 16.8. The molecule has 46 atom stereocenters. The molecule has 9 heterocycles. The first-order valence-electron chi connectivity index (χ1n) is 37.0. The zero-order chi connectivity index (χ0) is 85.9. The van der Waals surface area contributed by atoms with Crippen LogP contribution in [0.25, 0.3) is 0 Å². The molecular weight excluding hydrogens is 1590 g/mol. The number of hydrogen-bond donors (Lipinski definition) is 29. The van der Waals surface area contributed by atoms with E-state index in [-0.39, 0.29) is 0 Å². The molecule has 670 valence electrons. The van der Waals surface area contributed by atoms with E-state index in [0.717, 1.165) is 27.7 Å². The first kappa shape index (κ1) is 95.5. The fraction of sp³-hybridized carbons (Fsp3) is 0.923. The Bertz CT molecular complexity index is 3170. The van der Waals surface area contributed by atoms with E-state index < -0.39 is 364 Å². The number of aliphatic hydroxyl groups is 24. The Morgan fingerprint density at radius 1 is 0.371 bits per heavy atom. The Kier molecular flexibility index (Phi) is 33.6. The molecule has 9 fully saturated rings. The lowest BCUT2D eigenvalue weighted by atomic mass is 9.90. The summed E-state index contributed by atoms with van der Waals surface area (Å²) in [7, 11) is 0. The zero-order valence-electron chi connectivity index (χ0n) is 62.8. The van der Waals surface area contributed by atoms with Crippen LogP contribution in [-0.4, -0.2) is 485 Å². The number of carboxylic acid groups (broad SMARTS) is 1. The second kappa shape index (κ2) is 40.8. The SMILES string of the molecule is CC(=O)N[C@@H]1[C@@H](O[C@@H]2O[C@H](CO)[C@H](O)[C@H](O[C@]3(C(=O)O)C[C@H](O)[C@@H](O)[C@H]([C@H](O)[C@H](O)CO)O3)[C@H]2O)[C@@H](O)[C@@H](CO[C@@H]2O[C@H](CO)[C@@H](O[C@@H]3O[C@@H](C)[C@@H](O)[C@@H](O)[C@@H]3O)[C@H](O[C@@H]3O[C@H](CO)[C@@H](O[C@@H]4O[C@H](CO)[C@H](O[C@H]5O[C@H](CO)[C@@H](O)[C@H](O)[C@H]5NC(C)=O)[C@H](O)[C@H]4O[C@@H]4O[C@@H](C)[C@@H](O)[C@@H](O)[C@@H]4O)[C@H](O)[C@H]3NC(C)=O)[C@H]2NC(C)=O)O[C@H]1O. The first-order chi connectivity index (χ1) is 54.6. The van der Waals surface area contributed by atoms with E-state index in [0.29, 0.717) is 0 Å². The molecular formula is C65H108N4O47. The Morgan fingerprint density at radius 2 is 0.776 bits per heavy atom. The maximum absolute atomic E-state index is 13.6. The molecule has 29 N–H and O–H groups in total. The second-order valence-corrected chi connectivity index (χ2v) is 29.6. The smallest absolute Gasteiger partial charge is 0.364 e. The minimum Gasteiger partial charge on any atom is -0.477 e. The molecule has 51 nitrogen and oxygen atoms in total. The van der Waals surface area contributed by atoms with E-state index in [4.69, 9.17) is 80.5 Å². The zero-order valence-corrected chi connectivity index (χ0v) is 62.8. The number of nitrogens with one attached hydrogen (secondary N) is 4. The van der Waals surface area contributed by atoms with Gasteiger partial charge in [-0.15, -0.1) is 0 Å². The molecule has 4 amide bonds. The van der Waals surface area contributed by atoms with Gasteiger partial charge in [0.05, 0.1) is 64.6 Å². The predicted octanol–water partition coefficient (Wildman–Crippen LogP) is -18.8. The maximum atomic E-state index is 13.6. The third-order valence-corrected chi connectivity index (χ3v) is 21.2. The van der Waals surface area contributed by atoms with Gasteiger partial charge < -0.3 is 229 Å². The lowest BCUT2D eigenvalue weighted by molar-refractivity contribution is -0.399. The van der Waals surface area contributed by atoms with E-state index in [1.54, 1.807) is 0 Å². The van der Waals surface area contributed by atoms with Crippen molar-refractivity contribution in [1.29, 1.82) is 0 Å². The summed E-state index contributed by atoms with van der Waals surface area (Å²) in [6, 6.07) is -7.71. The van der Waals surface area contributed by atoms with Crippen LogP contribution in [-0.2, 0) is 104 Å². The minimum atomic E-state index is -3.30. The van der Waals surface area contributed by atoms with Crippen LogP contribution in [0.5, 0.6) is 0 Å². The molecule has 9 aliphatic rings. The molecule has 0 aromatic rings. The molecule has 0 spiro atoms.